The van der Waals surface area contributed by atoms with Crippen LogP contribution in [0.5, 0.6) is 0 Å². The summed E-state index contributed by atoms with van der Waals surface area (Å²) < 4.78 is 5.24. The lowest BCUT2D eigenvalue weighted by atomic mass is 10.2. The van der Waals surface area contributed by atoms with Crippen LogP contribution < -0.4 is 10.2 Å². The maximum Gasteiger partial charge on any atom is 0.256 e. The zero-order chi connectivity index (χ0) is 21.7. The molecular weight excluding hydrogens is 394 g/mol. The van der Waals surface area contributed by atoms with Crippen molar-refractivity contribution >= 4 is 29.0 Å². The minimum Gasteiger partial charge on any atom is -0.369 e. The summed E-state index contributed by atoms with van der Waals surface area (Å²) >= 11 is 1.62. The molecule has 2 aromatic carbocycles. The van der Waals surface area contributed by atoms with E-state index in [4.69, 9.17) is 4.52 Å². The van der Waals surface area contributed by atoms with Gasteiger partial charge in [-0.2, -0.15) is 0 Å². The minimum absolute atomic E-state index is 0.110. The molecule has 6 heteroatoms. The van der Waals surface area contributed by atoms with Gasteiger partial charge < -0.3 is 14.7 Å². The summed E-state index contributed by atoms with van der Waals surface area (Å²) in [6.45, 7) is 11.3. The van der Waals surface area contributed by atoms with Crippen LogP contribution in [0.15, 0.2) is 57.9 Å². The van der Waals surface area contributed by atoms with Crippen LogP contribution in [0.3, 0.4) is 0 Å². The van der Waals surface area contributed by atoms with Crippen LogP contribution in [0.4, 0.5) is 11.4 Å². The van der Waals surface area contributed by atoms with Crippen LogP contribution in [0.25, 0.3) is 0 Å². The lowest BCUT2D eigenvalue weighted by Gasteiger charge is -2.27. The van der Waals surface area contributed by atoms with Crippen molar-refractivity contribution in [3.8, 4) is 0 Å². The predicted octanol–water partition coefficient (Wildman–Crippen LogP) is 6.07. The molecule has 0 saturated carbocycles. The Balaban J connectivity index is 1.71. The average Bonchev–Trinajstić information content (AvgIpc) is 3.05. The summed E-state index contributed by atoms with van der Waals surface area (Å²) in [6.07, 6.45) is 0. The fraction of sp³-hybridized carbons (Fsp3) is 0.333. The Morgan fingerprint density at radius 2 is 1.83 bits per heavy atom. The highest BCUT2D eigenvalue weighted by atomic mass is 32.2. The number of anilines is 2. The minimum atomic E-state index is -0.110. The number of benzene rings is 2. The predicted molar refractivity (Wildman–Crippen MR) is 125 cm³/mol. The SMILES string of the molecule is CCN(c1ccc(NC(=O)c2ccccc2SCc2c(C)noc2C)cc1)C(C)C. The highest BCUT2D eigenvalue weighted by Gasteiger charge is 2.15. The highest BCUT2D eigenvalue weighted by Crippen LogP contribution is 2.29. The molecule has 0 fully saturated rings. The molecule has 0 saturated heterocycles. The fourth-order valence-corrected chi connectivity index (χ4v) is 4.62. The van der Waals surface area contributed by atoms with Crippen molar-refractivity contribution in [3.63, 3.8) is 0 Å². The van der Waals surface area contributed by atoms with Crippen molar-refractivity contribution in [2.45, 2.75) is 51.3 Å². The molecule has 0 atom stereocenters. The number of nitrogens with zero attached hydrogens (tertiary/aromatic N) is 2. The fourth-order valence-electron chi connectivity index (χ4n) is 3.42. The molecule has 0 radical (unpaired) electrons. The molecule has 0 unspecified atom stereocenters. The molecule has 3 rings (SSSR count). The second-order valence-electron chi connectivity index (χ2n) is 7.47. The van der Waals surface area contributed by atoms with Crippen molar-refractivity contribution in [2.24, 2.45) is 0 Å². The number of nitrogens with one attached hydrogen (secondary N) is 1. The van der Waals surface area contributed by atoms with Gasteiger partial charge in [0.05, 0.1) is 11.3 Å². The van der Waals surface area contributed by atoms with Gasteiger partial charge in [-0.1, -0.05) is 17.3 Å². The first-order valence-corrected chi connectivity index (χ1v) is 11.2. The van der Waals surface area contributed by atoms with E-state index in [9.17, 15) is 4.79 Å². The molecule has 1 N–H and O–H groups in total. The Morgan fingerprint density at radius 3 is 2.43 bits per heavy atom. The second kappa shape index (κ2) is 9.85. The number of rotatable bonds is 8. The Morgan fingerprint density at radius 1 is 1.13 bits per heavy atom. The average molecular weight is 424 g/mol. The van der Waals surface area contributed by atoms with Gasteiger partial charge >= 0.3 is 0 Å². The molecule has 1 amide bonds. The van der Waals surface area contributed by atoms with Gasteiger partial charge in [-0.25, -0.2) is 0 Å². The summed E-state index contributed by atoms with van der Waals surface area (Å²) in [5, 5.41) is 7.03. The van der Waals surface area contributed by atoms with Crippen LogP contribution >= 0.6 is 11.8 Å². The quantitative estimate of drug-likeness (QED) is 0.446. The molecule has 0 aliphatic rings. The number of carbonyl (C=O) groups excluding carboxylic acids is 1. The van der Waals surface area contributed by atoms with Crippen molar-refractivity contribution in [1.29, 1.82) is 0 Å². The Kier molecular flexibility index (Phi) is 7.21. The summed E-state index contributed by atoms with van der Waals surface area (Å²) in [7, 11) is 0. The van der Waals surface area contributed by atoms with Crippen molar-refractivity contribution in [2.75, 3.05) is 16.8 Å². The van der Waals surface area contributed by atoms with E-state index in [1.54, 1.807) is 11.8 Å². The van der Waals surface area contributed by atoms with E-state index < -0.39 is 0 Å². The lowest BCUT2D eigenvalue weighted by molar-refractivity contribution is 0.102. The number of carbonyl (C=O) groups is 1. The number of hydrogen-bond acceptors (Lipinski definition) is 5. The van der Waals surface area contributed by atoms with Gasteiger partial charge in [-0.3, -0.25) is 4.79 Å². The molecule has 1 heterocycles. The zero-order valence-electron chi connectivity index (χ0n) is 18.2. The second-order valence-corrected chi connectivity index (χ2v) is 8.49. The van der Waals surface area contributed by atoms with E-state index in [1.807, 2.05) is 50.2 Å². The molecule has 3 aromatic rings. The van der Waals surface area contributed by atoms with E-state index >= 15 is 0 Å². The van der Waals surface area contributed by atoms with Gasteiger partial charge in [0.15, 0.2) is 0 Å². The van der Waals surface area contributed by atoms with Crippen molar-refractivity contribution in [3.05, 3.63) is 71.1 Å². The molecule has 30 heavy (non-hydrogen) atoms. The molecule has 1 aromatic heterocycles. The molecule has 0 aliphatic heterocycles. The number of aromatic nitrogens is 1. The van der Waals surface area contributed by atoms with Gasteiger partial charge in [-0.15, -0.1) is 11.8 Å². The zero-order valence-corrected chi connectivity index (χ0v) is 19.0. The largest absolute Gasteiger partial charge is 0.369 e. The number of thioether (sulfide) groups is 1. The molecular formula is C24H29N3O2S. The first-order chi connectivity index (χ1) is 14.4. The molecule has 158 valence electrons. The Bertz CT molecular complexity index is 976. The Labute approximate surface area is 182 Å². The molecule has 0 spiro atoms. The number of hydrogen-bond donors (Lipinski definition) is 1. The van der Waals surface area contributed by atoms with Gasteiger partial charge in [-0.05, 0) is 71.0 Å². The van der Waals surface area contributed by atoms with Crippen molar-refractivity contribution in [1.82, 2.24) is 5.16 Å². The summed E-state index contributed by atoms with van der Waals surface area (Å²) in [5.74, 6) is 1.42. The molecule has 0 aliphatic carbocycles. The van der Waals surface area contributed by atoms with Crippen LogP contribution in [0.2, 0.25) is 0 Å². The standard InChI is InChI=1S/C24H29N3O2S/c1-6-27(16(2)3)20-13-11-19(12-14-20)25-24(28)21-9-7-8-10-23(21)30-15-22-17(4)26-29-18(22)5/h7-14,16H,6,15H2,1-5H3,(H,25,28). The van der Waals surface area contributed by atoms with E-state index in [0.717, 1.165) is 39.8 Å². The topological polar surface area (TPSA) is 58.4 Å². The summed E-state index contributed by atoms with van der Waals surface area (Å²) in [5.41, 5.74) is 4.58. The summed E-state index contributed by atoms with van der Waals surface area (Å²) in [6, 6.07) is 16.1. The van der Waals surface area contributed by atoms with Gasteiger partial charge in [0.25, 0.3) is 5.91 Å². The highest BCUT2D eigenvalue weighted by molar-refractivity contribution is 7.98. The first-order valence-electron chi connectivity index (χ1n) is 10.2. The molecule has 5 nitrogen and oxygen atoms in total. The third-order valence-corrected chi connectivity index (χ3v) is 6.21. The maximum absolute atomic E-state index is 12.9. The van der Waals surface area contributed by atoms with Crippen LogP contribution in [-0.2, 0) is 5.75 Å². The van der Waals surface area contributed by atoms with Crippen molar-refractivity contribution < 1.29 is 9.32 Å². The van der Waals surface area contributed by atoms with Crippen LogP contribution in [-0.4, -0.2) is 23.7 Å². The van der Waals surface area contributed by atoms with Crippen LogP contribution in [0, 0.1) is 13.8 Å². The monoisotopic (exact) mass is 423 g/mol. The van der Waals surface area contributed by atoms with E-state index in [2.05, 4.69) is 48.3 Å². The summed E-state index contributed by atoms with van der Waals surface area (Å²) in [4.78, 5) is 16.2. The van der Waals surface area contributed by atoms with Gasteiger partial charge in [0.1, 0.15) is 5.76 Å². The smallest absolute Gasteiger partial charge is 0.256 e. The number of aryl methyl sites for hydroxylation is 2. The number of amides is 1. The molecule has 0 bridgehead atoms. The third-order valence-electron chi connectivity index (χ3n) is 5.11. The normalized spacial score (nSPS) is 11.0. The van der Waals surface area contributed by atoms with Gasteiger partial charge in [0, 0.05) is 40.2 Å². The lowest BCUT2D eigenvalue weighted by Crippen LogP contribution is -2.30. The van der Waals surface area contributed by atoms with E-state index in [0.29, 0.717) is 17.4 Å². The first kappa shape index (κ1) is 22.0. The maximum atomic E-state index is 12.9. The van der Waals surface area contributed by atoms with Gasteiger partial charge in [0.2, 0.25) is 0 Å². The van der Waals surface area contributed by atoms with Crippen LogP contribution in [0.1, 0.15) is 48.1 Å². The third kappa shape index (κ3) is 5.05. The van der Waals surface area contributed by atoms with E-state index in [-0.39, 0.29) is 5.91 Å². The Hall–Kier alpha value is -2.73. The van der Waals surface area contributed by atoms with E-state index in [1.165, 1.54) is 0 Å².